The Morgan fingerprint density at radius 2 is 1.10 bits per heavy atom. The smallest absolute Gasteiger partial charge is 0.325 e. The maximum atomic E-state index is 12.1. The number of hydroxylamine groups is 2. The standard InChI is InChI=1S/C26H53NO3/c1-4-7-10-11-14-17-20-25(28)21-18-15-12-13-16-19-22-26(29)30-27(23-8-5-2)24-9-6-3/h25,28H,4-24H2,1-3H3. The van der Waals surface area contributed by atoms with Crippen LogP contribution in [0.2, 0.25) is 0 Å². The Kier molecular flexibility index (Phi) is 22.6. The van der Waals surface area contributed by atoms with Crippen LogP contribution in [0.5, 0.6) is 0 Å². The van der Waals surface area contributed by atoms with Crippen LogP contribution in [-0.2, 0) is 9.63 Å². The predicted octanol–water partition coefficient (Wildman–Crippen LogP) is 7.58. The van der Waals surface area contributed by atoms with E-state index in [2.05, 4.69) is 20.8 Å². The van der Waals surface area contributed by atoms with Crippen LogP contribution in [0.1, 0.15) is 143 Å². The maximum absolute atomic E-state index is 12.1. The topological polar surface area (TPSA) is 49.8 Å². The van der Waals surface area contributed by atoms with Crippen molar-refractivity contribution >= 4 is 5.97 Å². The van der Waals surface area contributed by atoms with Gasteiger partial charge in [0, 0.05) is 19.5 Å². The minimum Gasteiger partial charge on any atom is -0.393 e. The highest BCUT2D eigenvalue weighted by Crippen LogP contribution is 2.14. The fourth-order valence-electron chi connectivity index (χ4n) is 3.72. The van der Waals surface area contributed by atoms with E-state index in [9.17, 15) is 9.90 Å². The van der Waals surface area contributed by atoms with E-state index < -0.39 is 0 Å². The second-order valence-corrected chi connectivity index (χ2v) is 8.97. The van der Waals surface area contributed by atoms with E-state index in [0.29, 0.717) is 6.42 Å². The molecule has 0 bridgehead atoms. The van der Waals surface area contributed by atoms with Crippen LogP contribution in [-0.4, -0.2) is 35.3 Å². The Hall–Kier alpha value is -0.610. The molecule has 0 aliphatic heterocycles. The molecule has 0 saturated carbocycles. The zero-order valence-electron chi connectivity index (χ0n) is 20.6. The average molecular weight is 428 g/mol. The van der Waals surface area contributed by atoms with Gasteiger partial charge in [0.2, 0.25) is 0 Å². The number of hydrogen-bond donors (Lipinski definition) is 1. The third-order valence-corrected chi connectivity index (χ3v) is 5.81. The van der Waals surface area contributed by atoms with E-state index in [4.69, 9.17) is 4.84 Å². The monoisotopic (exact) mass is 427 g/mol. The lowest BCUT2D eigenvalue weighted by molar-refractivity contribution is -0.191. The number of hydrogen-bond acceptors (Lipinski definition) is 4. The molecule has 0 aromatic heterocycles. The first kappa shape index (κ1) is 29.4. The first-order valence-corrected chi connectivity index (χ1v) is 13.3. The Morgan fingerprint density at radius 3 is 1.60 bits per heavy atom. The molecule has 1 unspecified atom stereocenters. The van der Waals surface area contributed by atoms with Crippen LogP contribution in [0.25, 0.3) is 0 Å². The van der Waals surface area contributed by atoms with Crippen LogP contribution >= 0.6 is 0 Å². The van der Waals surface area contributed by atoms with Crippen molar-refractivity contribution < 1.29 is 14.7 Å². The quantitative estimate of drug-likeness (QED) is 0.135. The molecule has 0 aromatic rings. The summed E-state index contributed by atoms with van der Waals surface area (Å²) in [5, 5.41) is 11.9. The predicted molar refractivity (Wildman–Crippen MR) is 128 cm³/mol. The minimum atomic E-state index is -0.102. The molecule has 30 heavy (non-hydrogen) atoms. The largest absolute Gasteiger partial charge is 0.393 e. The Balaban J connectivity index is 3.53. The van der Waals surface area contributed by atoms with Crippen molar-refractivity contribution in [1.29, 1.82) is 0 Å². The van der Waals surface area contributed by atoms with Crippen LogP contribution in [0.15, 0.2) is 0 Å². The second-order valence-electron chi connectivity index (χ2n) is 8.97. The number of carbonyl (C=O) groups is 1. The molecule has 0 saturated heterocycles. The van der Waals surface area contributed by atoms with Gasteiger partial charge < -0.3 is 9.94 Å². The SMILES string of the molecule is CCCCCCCCC(O)CCCCCCCCC(=O)ON(CCCC)CCCC. The van der Waals surface area contributed by atoms with Gasteiger partial charge >= 0.3 is 5.97 Å². The van der Waals surface area contributed by atoms with Gasteiger partial charge in [-0.05, 0) is 32.1 Å². The van der Waals surface area contributed by atoms with E-state index in [1.54, 1.807) is 0 Å². The summed E-state index contributed by atoms with van der Waals surface area (Å²) in [6.07, 6.45) is 21.2. The lowest BCUT2D eigenvalue weighted by Crippen LogP contribution is -2.29. The number of aliphatic hydroxyl groups is 1. The van der Waals surface area contributed by atoms with Crippen LogP contribution in [0.4, 0.5) is 0 Å². The van der Waals surface area contributed by atoms with Gasteiger partial charge in [0.25, 0.3) is 0 Å². The van der Waals surface area contributed by atoms with Gasteiger partial charge in [-0.3, -0.25) is 4.79 Å². The summed E-state index contributed by atoms with van der Waals surface area (Å²) >= 11 is 0. The highest BCUT2D eigenvalue weighted by Gasteiger charge is 2.11. The highest BCUT2D eigenvalue weighted by molar-refractivity contribution is 5.68. The lowest BCUT2D eigenvalue weighted by atomic mass is 10.0. The van der Waals surface area contributed by atoms with E-state index in [1.165, 1.54) is 57.8 Å². The van der Waals surface area contributed by atoms with Crippen LogP contribution in [0, 0.1) is 0 Å². The number of carbonyl (C=O) groups excluding carboxylic acids is 1. The Bertz CT molecular complexity index is 354. The number of nitrogens with zero attached hydrogens (tertiary/aromatic N) is 1. The molecular weight excluding hydrogens is 374 g/mol. The molecule has 0 aliphatic carbocycles. The van der Waals surface area contributed by atoms with E-state index >= 15 is 0 Å². The van der Waals surface area contributed by atoms with Crippen molar-refractivity contribution in [3.8, 4) is 0 Å². The van der Waals surface area contributed by atoms with Gasteiger partial charge in [-0.25, -0.2) is 0 Å². The van der Waals surface area contributed by atoms with Crippen LogP contribution < -0.4 is 0 Å². The molecule has 0 aromatic carbocycles. The molecule has 180 valence electrons. The van der Waals surface area contributed by atoms with Gasteiger partial charge in [0.05, 0.1) is 6.10 Å². The lowest BCUT2D eigenvalue weighted by Gasteiger charge is -2.20. The summed E-state index contributed by atoms with van der Waals surface area (Å²) in [5.41, 5.74) is 0. The fourth-order valence-corrected chi connectivity index (χ4v) is 3.72. The van der Waals surface area contributed by atoms with E-state index in [-0.39, 0.29) is 12.1 Å². The summed E-state index contributed by atoms with van der Waals surface area (Å²) in [7, 11) is 0. The first-order valence-electron chi connectivity index (χ1n) is 13.3. The number of unbranched alkanes of at least 4 members (excludes halogenated alkanes) is 12. The van der Waals surface area contributed by atoms with Crippen molar-refractivity contribution in [1.82, 2.24) is 5.06 Å². The van der Waals surface area contributed by atoms with Gasteiger partial charge in [-0.2, -0.15) is 0 Å². The second kappa shape index (κ2) is 23.1. The van der Waals surface area contributed by atoms with E-state index in [0.717, 1.165) is 70.9 Å². The van der Waals surface area contributed by atoms with Gasteiger partial charge in [0.15, 0.2) is 0 Å². The molecular formula is C26H53NO3. The van der Waals surface area contributed by atoms with Crippen molar-refractivity contribution in [3.63, 3.8) is 0 Å². The summed E-state index contributed by atoms with van der Waals surface area (Å²) < 4.78 is 0. The molecule has 0 radical (unpaired) electrons. The zero-order valence-corrected chi connectivity index (χ0v) is 20.6. The number of aliphatic hydroxyl groups excluding tert-OH is 1. The number of rotatable bonds is 23. The normalized spacial score (nSPS) is 12.4. The third-order valence-electron chi connectivity index (χ3n) is 5.81. The molecule has 0 spiro atoms. The van der Waals surface area contributed by atoms with Gasteiger partial charge in [0.1, 0.15) is 0 Å². The molecule has 0 amide bonds. The summed E-state index contributed by atoms with van der Waals surface area (Å²) in [6.45, 7) is 8.28. The Labute approximate surface area is 188 Å². The molecule has 1 atom stereocenters. The third kappa shape index (κ3) is 20.7. The minimum absolute atomic E-state index is 0.0694. The Morgan fingerprint density at radius 1 is 0.667 bits per heavy atom. The van der Waals surface area contributed by atoms with Gasteiger partial charge in [-0.15, -0.1) is 5.06 Å². The molecule has 0 rings (SSSR count). The van der Waals surface area contributed by atoms with Crippen molar-refractivity contribution in [2.45, 2.75) is 149 Å². The molecule has 4 nitrogen and oxygen atoms in total. The van der Waals surface area contributed by atoms with Crippen molar-refractivity contribution in [3.05, 3.63) is 0 Å². The molecule has 1 N–H and O–H groups in total. The molecule has 0 fully saturated rings. The van der Waals surface area contributed by atoms with Crippen molar-refractivity contribution in [2.75, 3.05) is 13.1 Å². The van der Waals surface area contributed by atoms with Crippen molar-refractivity contribution in [2.24, 2.45) is 0 Å². The van der Waals surface area contributed by atoms with Gasteiger partial charge in [-0.1, -0.05) is 104 Å². The zero-order chi connectivity index (χ0) is 22.3. The van der Waals surface area contributed by atoms with E-state index in [1.807, 2.05) is 5.06 Å². The summed E-state index contributed by atoms with van der Waals surface area (Å²) in [4.78, 5) is 17.6. The molecule has 0 heterocycles. The highest BCUT2D eigenvalue weighted by atomic mass is 16.7. The molecule has 4 heteroatoms. The summed E-state index contributed by atoms with van der Waals surface area (Å²) in [5.74, 6) is -0.0694. The first-order chi connectivity index (χ1) is 14.6. The molecule has 0 aliphatic rings. The summed E-state index contributed by atoms with van der Waals surface area (Å²) in [6, 6.07) is 0. The average Bonchev–Trinajstić information content (AvgIpc) is 2.74. The maximum Gasteiger partial charge on any atom is 0.325 e. The van der Waals surface area contributed by atoms with Crippen LogP contribution in [0.3, 0.4) is 0 Å². The fraction of sp³-hybridized carbons (Fsp3) is 0.962.